The molecular weight excluding hydrogens is 316 g/mol. The van der Waals surface area contributed by atoms with Crippen molar-refractivity contribution in [3.05, 3.63) is 29.8 Å². The summed E-state index contributed by atoms with van der Waals surface area (Å²) in [5.41, 5.74) is 12.7. The smallest absolute Gasteiger partial charge is 0.326 e. The largest absolute Gasteiger partial charge is 0.480 e. The van der Waals surface area contributed by atoms with Crippen molar-refractivity contribution in [3.8, 4) is 0 Å². The molecule has 1 aromatic carbocycles. The molecule has 1 amide bonds. The van der Waals surface area contributed by atoms with Gasteiger partial charge in [-0.3, -0.25) is 15.1 Å². The highest BCUT2D eigenvalue weighted by Gasteiger charge is 2.37. The van der Waals surface area contributed by atoms with Crippen LogP contribution in [0.5, 0.6) is 0 Å². The predicted molar refractivity (Wildman–Crippen MR) is 87.4 cm³/mol. The fraction of sp³-hybridized carbons (Fsp3) is 0.333. The zero-order chi connectivity index (χ0) is 17.7. The summed E-state index contributed by atoms with van der Waals surface area (Å²) in [7, 11) is 1.44. The molecule has 2 atom stereocenters. The van der Waals surface area contributed by atoms with E-state index in [2.05, 4.69) is 15.9 Å². The summed E-state index contributed by atoms with van der Waals surface area (Å²) in [6.07, 6.45) is 2.03. The highest BCUT2D eigenvalue weighted by atomic mass is 16.7. The van der Waals surface area contributed by atoms with Gasteiger partial charge in [-0.2, -0.15) is 0 Å². The number of carboxylic acids is 1. The van der Waals surface area contributed by atoms with Crippen LogP contribution in [0.1, 0.15) is 12.0 Å². The minimum Gasteiger partial charge on any atom is -0.480 e. The molecule has 0 spiro atoms. The Morgan fingerprint density at radius 1 is 1.46 bits per heavy atom. The zero-order valence-corrected chi connectivity index (χ0v) is 13.1. The number of hydrazine groups is 1. The Morgan fingerprint density at radius 3 is 2.88 bits per heavy atom. The maximum Gasteiger partial charge on any atom is 0.326 e. The monoisotopic (exact) mass is 336 g/mol. The van der Waals surface area contributed by atoms with E-state index in [-0.39, 0.29) is 13.0 Å². The maximum atomic E-state index is 12.2. The molecule has 2 rings (SSSR count). The number of nitrogens with zero attached hydrogens (tertiary/aromatic N) is 1. The van der Waals surface area contributed by atoms with Crippen molar-refractivity contribution in [1.29, 1.82) is 0 Å². The Labute approximate surface area is 138 Å². The normalized spacial score (nSPS) is 20.5. The molecule has 24 heavy (non-hydrogen) atoms. The molecule has 1 fully saturated rings. The number of aliphatic carboxylic acids is 1. The number of aliphatic hydroxyl groups is 1. The molecule has 0 saturated carbocycles. The number of hydrogen-bond acceptors (Lipinski definition) is 7. The van der Waals surface area contributed by atoms with Gasteiger partial charge in [0.1, 0.15) is 6.04 Å². The lowest BCUT2D eigenvalue weighted by Gasteiger charge is -2.19. The van der Waals surface area contributed by atoms with Gasteiger partial charge in [0.2, 0.25) is 5.91 Å². The Hall–Kier alpha value is -2.62. The average molecular weight is 336 g/mol. The number of carbonyl (C=O) groups excluding carboxylic acids is 1. The van der Waals surface area contributed by atoms with Crippen LogP contribution >= 0.6 is 0 Å². The van der Waals surface area contributed by atoms with E-state index in [9.17, 15) is 14.7 Å². The standard InChI is InChI=1S/C15H20N4O5/c1-24-18-17-12-6-9(2-4-11(12)16)3-5-14(21)19-8-10(20)7-13(19)15(22)23/h2-6,10,13,17-18,20H,7-8,16H2,1H3,(H,22,23)/b5-3+. The van der Waals surface area contributed by atoms with E-state index in [1.807, 2.05) is 0 Å². The minimum atomic E-state index is -1.13. The molecule has 9 nitrogen and oxygen atoms in total. The van der Waals surface area contributed by atoms with Gasteiger partial charge in [-0.05, 0) is 23.8 Å². The van der Waals surface area contributed by atoms with Gasteiger partial charge in [-0.25, -0.2) is 4.79 Å². The van der Waals surface area contributed by atoms with E-state index in [0.717, 1.165) is 4.90 Å². The molecule has 0 aromatic heterocycles. The number of carbonyl (C=O) groups is 2. The molecule has 0 bridgehead atoms. The van der Waals surface area contributed by atoms with Gasteiger partial charge >= 0.3 is 5.97 Å². The van der Waals surface area contributed by atoms with E-state index < -0.39 is 24.0 Å². The number of likely N-dealkylation sites (tertiary alicyclic amines) is 1. The Bertz CT molecular complexity index is 649. The number of nitrogen functional groups attached to an aromatic ring is 1. The van der Waals surface area contributed by atoms with Gasteiger partial charge in [0.05, 0.1) is 24.6 Å². The third-order valence-corrected chi connectivity index (χ3v) is 3.63. The summed E-state index contributed by atoms with van der Waals surface area (Å²) in [5.74, 6) is -1.60. The van der Waals surface area contributed by atoms with Crippen molar-refractivity contribution in [2.45, 2.75) is 18.6 Å². The topological polar surface area (TPSA) is 137 Å². The molecule has 1 saturated heterocycles. The summed E-state index contributed by atoms with van der Waals surface area (Å²) < 4.78 is 0. The molecule has 9 heteroatoms. The second kappa shape index (κ2) is 7.77. The number of aliphatic hydroxyl groups excluding tert-OH is 1. The summed E-state index contributed by atoms with van der Waals surface area (Å²) in [6, 6.07) is 4.05. The number of carboxylic acid groups (broad SMARTS) is 1. The van der Waals surface area contributed by atoms with Gasteiger partial charge in [0.25, 0.3) is 0 Å². The summed E-state index contributed by atoms with van der Waals surface area (Å²) in [4.78, 5) is 29.2. The first-order valence-corrected chi connectivity index (χ1v) is 7.25. The second-order valence-electron chi connectivity index (χ2n) is 5.35. The highest BCUT2D eigenvalue weighted by Crippen LogP contribution is 2.21. The molecule has 1 aromatic rings. The Morgan fingerprint density at radius 2 is 2.21 bits per heavy atom. The van der Waals surface area contributed by atoms with Gasteiger partial charge in [0, 0.05) is 19.0 Å². The van der Waals surface area contributed by atoms with E-state index in [1.54, 1.807) is 24.3 Å². The van der Waals surface area contributed by atoms with Crippen LogP contribution in [0.4, 0.5) is 11.4 Å². The quantitative estimate of drug-likeness (QED) is 0.274. The van der Waals surface area contributed by atoms with Crippen molar-refractivity contribution in [3.63, 3.8) is 0 Å². The molecule has 0 aliphatic carbocycles. The molecule has 2 unspecified atom stereocenters. The molecule has 1 heterocycles. The number of nitrogens with two attached hydrogens (primary N) is 1. The first-order chi connectivity index (χ1) is 11.4. The summed E-state index contributed by atoms with van der Waals surface area (Å²) in [6.45, 7) is 0.00639. The Balaban J connectivity index is 2.09. The molecule has 0 radical (unpaired) electrons. The van der Waals surface area contributed by atoms with E-state index in [1.165, 1.54) is 13.2 Å². The van der Waals surface area contributed by atoms with Crippen LogP contribution in [0.15, 0.2) is 24.3 Å². The van der Waals surface area contributed by atoms with E-state index in [0.29, 0.717) is 16.9 Å². The van der Waals surface area contributed by atoms with Crippen LogP contribution in [0.2, 0.25) is 0 Å². The van der Waals surface area contributed by atoms with Crippen LogP contribution in [0.3, 0.4) is 0 Å². The van der Waals surface area contributed by atoms with Gasteiger partial charge in [-0.15, -0.1) is 5.59 Å². The van der Waals surface area contributed by atoms with Gasteiger partial charge in [0.15, 0.2) is 0 Å². The fourth-order valence-electron chi connectivity index (χ4n) is 2.45. The second-order valence-corrected chi connectivity index (χ2v) is 5.35. The minimum absolute atomic E-state index is 0.00639. The number of amides is 1. The molecule has 1 aliphatic rings. The van der Waals surface area contributed by atoms with Crippen molar-refractivity contribution >= 4 is 29.3 Å². The maximum absolute atomic E-state index is 12.2. The third kappa shape index (κ3) is 4.22. The summed E-state index contributed by atoms with van der Waals surface area (Å²) in [5, 5.41) is 18.7. The van der Waals surface area contributed by atoms with Crippen molar-refractivity contribution < 1.29 is 24.6 Å². The van der Waals surface area contributed by atoms with Gasteiger partial charge < -0.3 is 20.8 Å². The fourth-order valence-corrected chi connectivity index (χ4v) is 2.45. The lowest BCUT2D eigenvalue weighted by Crippen LogP contribution is -2.39. The lowest BCUT2D eigenvalue weighted by molar-refractivity contribution is -0.146. The van der Waals surface area contributed by atoms with E-state index >= 15 is 0 Å². The van der Waals surface area contributed by atoms with Crippen LogP contribution in [-0.2, 0) is 14.4 Å². The molecule has 6 N–H and O–H groups in total. The van der Waals surface area contributed by atoms with Crippen LogP contribution < -0.4 is 16.7 Å². The van der Waals surface area contributed by atoms with Crippen LogP contribution in [-0.4, -0.2) is 52.8 Å². The first kappa shape index (κ1) is 17.7. The number of hydrogen-bond donors (Lipinski definition) is 5. The van der Waals surface area contributed by atoms with Crippen LogP contribution in [0.25, 0.3) is 6.08 Å². The molecular formula is C15H20N4O5. The summed E-state index contributed by atoms with van der Waals surface area (Å²) >= 11 is 0. The van der Waals surface area contributed by atoms with Crippen molar-refractivity contribution in [2.24, 2.45) is 0 Å². The Kier molecular flexibility index (Phi) is 5.74. The average Bonchev–Trinajstić information content (AvgIpc) is 2.95. The van der Waals surface area contributed by atoms with Gasteiger partial charge in [-0.1, -0.05) is 6.07 Å². The zero-order valence-electron chi connectivity index (χ0n) is 13.1. The first-order valence-electron chi connectivity index (χ1n) is 7.25. The number of rotatable bonds is 6. The number of anilines is 2. The number of β-amino-alcohol motifs (C(OH)–C–C–N with tert-alkyl or cyclic N) is 1. The molecule has 130 valence electrons. The number of benzene rings is 1. The van der Waals surface area contributed by atoms with E-state index in [4.69, 9.17) is 10.8 Å². The lowest BCUT2D eigenvalue weighted by atomic mass is 10.1. The predicted octanol–water partition coefficient (Wildman–Crippen LogP) is -0.194. The number of nitrogens with one attached hydrogen (secondary N) is 2. The molecule has 1 aliphatic heterocycles. The van der Waals surface area contributed by atoms with Crippen molar-refractivity contribution in [1.82, 2.24) is 10.5 Å². The highest BCUT2D eigenvalue weighted by molar-refractivity contribution is 5.95. The van der Waals surface area contributed by atoms with Crippen LogP contribution in [0, 0.1) is 0 Å². The third-order valence-electron chi connectivity index (χ3n) is 3.63. The van der Waals surface area contributed by atoms with Crippen molar-refractivity contribution in [2.75, 3.05) is 24.8 Å². The SMILES string of the molecule is CONNc1cc(/C=C/C(=O)N2CC(O)CC2C(=O)O)ccc1N.